The van der Waals surface area contributed by atoms with Crippen molar-refractivity contribution < 1.29 is 30.0 Å². The van der Waals surface area contributed by atoms with Crippen LogP contribution < -0.4 is 11.5 Å². The molecule has 0 heterocycles. The third-order valence-electron chi connectivity index (χ3n) is 1.03. The number of carboxylic acids is 2. The summed E-state index contributed by atoms with van der Waals surface area (Å²) in [6.07, 6.45) is 0. The first-order valence-electron chi connectivity index (χ1n) is 3.55. The molecule has 0 radical (unpaired) electrons. The zero-order valence-electron chi connectivity index (χ0n) is 7.33. The fourth-order valence-corrected chi connectivity index (χ4v) is 0.156. The lowest BCUT2D eigenvalue weighted by Crippen LogP contribution is -2.33. The average molecular weight is 210 g/mol. The molecule has 0 amide bonds. The molecular weight excluding hydrogens is 196 g/mol. The van der Waals surface area contributed by atoms with E-state index in [9.17, 15) is 9.59 Å². The van der Waals surface area contributed by atoms with E-state index in [2.05, 4.69) is 0 Å². The molecular formula is C6H14N2O6. The summed E-state index contributed by atoms with van der Waals surface area (Å²) < 4.78 is 0. The van der Waals surface area contributed by atoms with Crippen LogP contribution in [0, 0.1) is 0 Å². The molecule has 0 saturated carbocycles. The van der Waals surface area contributed by atoms with E-state index in [0.717, 1.165) is 0 Å². The molecule has 8 N–H and O–H groups in total. The van der Waals surface area contributed by atoms with Crippen molar-refractivity contribution in [3.05, 3.63) is 0 Å². The lowest BCUT2D eigenvalue weighted by Gasteiger charge is -1.96. The Morgan fingerprint density at radius 1 is 0.929 bits per heavy atom. The van der Waals surface area contributed by atoms with Gasteiger partial charge < -0.3 is 31.9 Å². The van der Waals surface area contributed by atoms with Crippen LogP contribution in [0.15, 0.2) is 0 Å². The molecule has 0 saturated heterocycles. The van der Waals surface area contributed by atoms with Crippen molar-refractivity contribution in [1.82, 2.24) is 0 Å². The number of rotatable bonds is 4. The molecule has 0 aliphatic heterocycles. The van der Waals surface area contributed by atoms with E-state index in [4.69, 9.17) is 31.9 Å². The van der Waals surface area contributed by atoms with Crippen LogP contribution in [0.3, 0.4) is 0 Å². The Balaban J connectivity index is 0. The monoisotopic (exact) mass is 210 g/mol. The number of aliphatic carboxylic acids is 2. The highest BCUT2D eigenvalue weighted by Gasteiger charge is 2.07. The molecule has 0 aromatic rings. The summed E-state index contributed by atoms with van der Waals surface area (Å²) in [4.78, 5) is 19.3. The standard InChI is InChI=1S/2C3H7NO3/c2*4-2(1-5)3(6)7/h2*2,5H,1,4H2,(H,6,7)/t2-;/m0./s1. The van der Waals surface area contributed by atoms with Crippen molar-refractivity contribution >= 4 is 11.9 Å². The second-order valence-electron chi connectivity index (χ2n) is 2.25. The zero-order chi connectivity index (χ0) is 11.7. The number of nitrogens with two attached hydrogens (primary N) is 2. The second-order valence-corrected chi connectivity index (χ2v) is 2.25. The number of carbonyl (C=O) groups is 2. The Morgan fingerprint density at radius 3 is 1.14 bits per heavy atom. The summed E-state index contributed by atoms with van der Waals surface area (Å²) in [5.74, 6) is -2.36. The number of aliphatic hydroxyl groups is 2. The number of hydrogen-bond donors (Lipinski definition) is 6. The van der Waals surface area contributed by atoms with E-state index in [1.54, 1.807) is 0 Å². The summed E-state index contributed by atoms with van der Waals surface area (Å²) in [6.45, 7) is -1.01. The number of carboxylic acid groups (broad SMARTS) is 2. The predicted octanol–water partition coefficient (Wildman–Crippen LogP) is -3.22. The van der Waals surface area contributed by atoms with Crippen molar-refractivity contribution in [2.75, 3.05) is 13.2 Å². The van der Waals surface area contributed by atoms with Crippen molar-refractivity contribution in [3.8, 4) is 0 Å². The van der Waals surface area contributed by atoms with Gasteiger partial charge in [0.05, 0.1) is 13.2 Å². The summed E-state index contributed by atoms with van der Waals surface area (Å²) >= 11 is 0. The van der Waals surface area contributed by atoms with Crippen LogP contribution in [-0.2, 0) is 9.59 Å². The van der Waals surface area contributed by atoms with Crippen LogP contribution in [0.2, 0.25) is 0 Å². The first-order valence-corrected chi connectivity index (χ1v) is 3.55. The summed E-state index contributed by atoms with van der Waals surface area (Å²) in [7, 11) is 0. The summed E-state index contributed by atoms with van der Waals surface area (Å²) in [5.41, 5.74) is 9.53. The van der Waals surface area contributed by atoms with Crippen LogP contribution in [0.25, 0.3) is 0 Å². The van der Waals surface area contributed by atoms with E-state index in [1.807, 2.05) is 0 Å². The Morgan fingerprint density at radius 2 is 1.14 bits per heavy atom. The molecule has 0 aromatic carbocycles. The Hall–Kier alpha value is -1.22. The highest BCUT2D eigenvalue weighted by atomic mass is 16.4. The van der Waals surface area contributed by atoms with Gasteiger partial charge >= 0.3 is 11.9 Å². The summed E-state index contributed by atoms with van der Waals surface area (Å²) in [5, 5.41) is 31.8. The highest BCUT2D eigenvalue weighted by molar-refractivity contribution is 5.73. The molecule has 2 atom stereocenters. The predicted molar refractivity (Wildman–Crippen MR) is 45.4 cm³/mol. The van der Waals surface area contributed by atoms with Crippen LogP contribution in [0.1, 0.15) is 0 Å². The maximum atomic E-state index is 9.65. The molecule has 1 unspecified atom stereocenters. The molecule has 8 heteroatoms. The minimum atomic E-state index is -1.18. The molecule has 0 aliphatic carbocycles. The van der Waals surface area contributed by atoms with Crippen molar-refractivity contribution in [3.63, 3.8) is 0 Å². The van der Waals surface area contributed by atoms with Crippen LogP contribution in [0.5, 0.6) is 0 Å². The smallest absolute Gasteiger partial charge is 0.322 e. The minimum absolute atomic E-state index is 0.505. The Kier molecular flexibility index (Phi) is 9.14. The third kappa shape index (κ3) is 8.87. The van der Waals surface area contributed by atoms with E-state index < -0.39 is 37.2 Å². The van der Waals surface area contributed by atoms with Crippen LogP contribution >= 0.6 is 0 Å². The van der Waals surface area contributed by atoms with Gasteiger partial charge in [0.15, 0.2) is 0 Å². The molecule has 84 valence electrons. The van der Waals surface area contributed by atoms with Gasteiger partial charge in [-0.2, -0.15) is 0 Å². The molecule has 0 fully saturated rings. The number of hydrogen-bond acceptors (Lipinski definition) is 6. The largest absolute Gasteiger partial charge is 0.480 e. The molecule has 8 nitrogen and oxygen atoms in total. The minimum Gasteiger partial charge on any atom is -0.480 e. The molecule has 0 spiro atoms. The van der Waals surface area contributed by atoms with Crippen molar-refractivity contribution in [2.45, 2.75) is 12.1 Å². The van der Waals surface area contributed by atoms with Gasteiger partial charge in [-0.15, -0.1) is 0 Å². The molecule has 0 aliphatic rings. The fraction of sp³-hybridized carbons (Fsp3) is 0.667. The van der Waals surface area contributed by atoms with E-state index >= 15 is 0 Å². The van der Waals surface area contributed by atoms with Gasteiger partial charge in [-0.05, 0) is 0 Å². The van der Waals surface area contributed by atoms with E-state index in [-0.39, 0.29) is 0 Å². The van der Waals surface area contributed by atoms with Gasteiger partial charge in [0, 0.05) is 0 Å². The number of aliphatic hydroxyl groups excluding tert-OH is 2. The first kappa shape index (κ1) is 15.3. The van der Waals surface area contributed by atoms with Crippen molar-refractivity contribution in [1.29, 1.82) is 0 Å². The van der Waals surface area contributed by atoms with Gasteiger partial charge in [-0.1, -0.05) is 0 Å². The van der Waals surface area contributed by atoms with E-state index in [1.165, 1.54) is 0 Å². The first-order chi connectivity index (χ1) is 6.36. The average Bonchev–Trinajstić information content (AvgIpc) is 2.15. The molecule has 0 bridgehead atoms. The van der Waals surface area contributed by atoms with Crippen LogP contribution in [0.4, 0.5) is 0 Å². The van der Waals surface area contributed by atoms with Gasteiger partial charge in [0.25, 0.3) is 0 Å². The van der Waals surface area contributed by atoms with Gasteiger partial charge in [-0.3, -0.25) is 9.59 Å². The van der Waals surface area contributed by atoms with Crippen molar-refractivity contribution in [2.24, 2.45) is 11.5 Å². The Bertz CT molecular complexity index is 165. The molecule has 0 aromatic heterocycles. The quantitative estimate of drug-likeness (QED) is 0.281. The van der Waals surface area contributed by atoms with Crippen LogP contribution in [-0.4, -0.2) is 57.7 Å². The maximum absolute atomic E-state index is 9.65. The topological polar surface area (TPSA) is 167 Å². The van der Waals surface area contributed by atoms with Gasteiger partial charge in [0.2, 0.25) is 0 Å². The lowest BCUT2D eigenvalue weighted by atomic mass is 10.3. The second kappa shape index (κ2) is 8.38. The maximum Gasteiger partial charge on any atom is 0.322 e. The Labute approximate surface area is 79.7 Å². The van der Waals surface area contributed by atoms with E-state index in [0.29, 0.717) is 0 Å². The lowest BCUT2D eigenvalue weighted by molar-refractivity contribution is -0.140. The third-order valence-corrected chi connectivity index (χ3v) is 1.03. The van der Waals surface area contributed by atoms with Gasteiger partial charge in [-0.25, -0.2) is 0 Å². The normalized spacial score (nSPS) is 13.4. The molecule has 14 heavy (non-hydrogen) atoms. The summed E-state index contributed by atoms with van der Waals surface area (Å²) in [6, 6.07) is -2.25. The zero-order valence-corrected chi connectivity index (χ0v) is 7.33. The van der Waals surface area contributed by atoms with Gasteiger partial charge in [0.1, 0.15) is 12.1 Å². The SMILES string of the molecule is NC(CO)C(=O)O.N[C@@H](CO)C(=O)O. The highest BCUT2D eigenvalue weighted by Crippen LogP contribution is 1.71. The molecule has 0 rings (SSSR count). The fourth-order valence-electron chi connectivity index (χ4n) is 0.156.